The number of aromatic amines is 1. The summed E-state index contributed by atoms with van der Waals surface area (Å²) < 4.78 is 38.3. The fraction of sp³-hybridized carbons (Fsp3) is 0.292. The van der Waals surface area contributed by atoms with Crippen LogP contribution in [0.2, 0.25) is 0 Å². The summed E-state index contributed by atoms with van der Waals surface area (Å²) in [5.41, 5.74) is 3.03. The molecule has 2 N–H and O–H groups in total. The molecular formula is C24H23F2N5O3. The smallest absolute Gasteiger partial charge is 0.407 e. The van der Waals surface area contributed by atoms with Gasteiger partial charge in [-0.3, -0.25) is 0 Å². The van der Waals surface area contributed by atoms with Gasteiger partial charge < -0.3 is 24.1 Å². The number of benzene rings is 1. The van der Waals surface area contributed by atoms with Crippen molar-refractivity contribution in [2.24, 2.45) is 0 Å². The number of pyridine rings is 1. The highest BCUT2D eigenvalue weighted by Gasteiger charge is 2.28. The molecule has 0 saturated carbocycles. The Bertz CT molecular complexity index is 1370. The number of aromatic nitrogens is 4. The number of imidazole rings is 2. The largest absolute Gasteiger partial charge is 0.465 e. The lowest BCUT2D eigenvalue weighted by Crippen LogP contribution is -2.45. The maximum absolute atomic E-state index is 15.4. The summed E-state index contributed by atoms with van der Waals surface area (Å²) in [5.74, 6) is -1.15. The molecule has 1 amide bonds. The van der Waals surface area contributed by atoms with Gasteiger partial charge in [-0.25, -0.2) is 23.5 Å². The van der Waals surface area contributed by atoms with E-state index in [4.69, 9.17) is 4.74 Å². The number of halogens is 2. The Morgan fingerprint density at radius 3 is 2.71 bits per heavy atom. The molecule has 8 nitrogen and oxygen atoms in total. The van der Waals surface area contributed by atoms with Crippen LogP contribution in [0.3, 0.4) is 0 Å². The summed E-state index contributed by atoms with van der Waals surface area (Å²) in [6, 6.07) is 6.17. The van der Waals surface area contributed by atoms with Crippen LogP contribution in [-0.4, -0.2) is 61.3 Å². The number of rotatable bonds is 4. The lowest BCUT2D eigenvalue weighted by molar-refractivity contribution is -0.0214. The van der Waals surface area contributed by atoms with Gasteiger partial charge in [0, 0.05) is 36.6 Å². The summed E-state index contributed by atoms with van der Waals surface area (Å²) in [6.07, 6.45) is 2.13. The number of carbonyl (C=O) groups is 1. The first-order chi connectivity index (χ1) is 16.3. The van der Waals surface area contributed by atoms with Crippen molar-refractivity contribution in [2.45, 2.75) is 26.4 Å². The van der Waals surface area contributed by atoms with Crippen molar-refractivity contribution >= 4 is 11.7 Å². The van der Waals surface area contributed by atoms with Gasteiger partial charge in [-0.15, -0.1) is 0 Å². The minimum atomic E-state index is -1.02. The van der Waals surface area contributed by atoms with Crippen LogP contribution in [0.1, 0.15) is 17.0 Å². The monoisotopic (exact) mass is 467 g/mol. The zero-order valence-corrected chi connectivity index (χ0v) is 18.7. The number of hydrogen-bond donors (Lipinski definition) is 2. The fourth-order valence-corrected chi connectivity index (χ4v) is 4.32. The SMILES string of the molecule is Cc1ccn2c(C[C@H]3CN(C(=O)O)CCO3)c(-c3c(F)cc(-c4ncc(C)[nH]4)cc3F)nc2c1. The van der Waals surface area contributed by atoms with Crippen LogP contribution in [0, 0.1) is 25.5 Å². The Morgan fingerprint density at radius 1 is 1.26 bits per heavy atom. The molecule has 176 valence electrons. The number of fused-ring (bicyclic) bond motifs is 1. The van der Waals surface area contributed by atoms with E-state index in [0.717, 1.165) is 11.3 Å². The van der Waals surface area contributed by atoms with Crippen molar-refractivity contribution in [3.05, 3.63) is 65.2 Å². The molecule has 10 heteroatoms. The molecule has 1 saturated heterocycles. The second-order valence-corrected chi connectivity index (χ2v) is 8.49. The summed E-state index contributed by atoms with van der Waals surface area (Å²) in [7, 11) is 0. The van der Waals surface area contributed by atoms with Crippen LogP contribution in [-0.2, 0) is 11.2 Å². The van der Waals surface area contributed by atoms with E-state index >= 15 is 8.78 Å². The van der Waals surface area contributed by atoms with E-state index in [9.17, 15) is 9.90 Å². The van der Waals surface area contributed by atoms with Crippen molar-refractivity contribution in [3.63, 3.8) is 0 Å². The molecule has 0 aliphatic carbocycles. The quantitative estimate of drug-likeness (QED) is 0.469. The Balaban J connectivity index is 1.60. The molecule has 34 heavy (non-hydrogen) atoms. The standard InChI is InChI=1S/C24H23F2N5O3/c1-13-3-4-31-19(10-16-12-30(24(32)33)5-6-34-16)22(29-20(31)7-13)21-17(25)8-15(9-18(21)26)23-27-11-14(2)28-23/h3-4,7-9,11,16H,5-6,10,12H2,1-2H3,(H,27,28)(H,32,33)/t16-/m0/s1. The third kappa shape index (κ3) is 4.01. The molecule has 1 atom stereocenters. The summed E-state index contributed by atoms with van der Waals surface area (Å²) in [6.45, 7) is 4.41. The van der Waals surface area contributed by atoms with Gasteiger partial charge in [-0.05, 0) is 43.7 Å². The number of hydrogen-bond acceptors (Lipinski definition) is 4. The molecule has 5 rings (SSSR count). The summed E-state index contributed by atoms with van der Waals surface area (Å²) >= 11 is 0. The van der Waals surface area contributed by atoms with E-state index in [1.165, 1.54) is 17.0 Å². The highest BCUT2D eigenvalue weighted by molar-refractivity contribution is 5.71. The number of amides is 1. The second kappa shape index (κ2) is 8.53. The van der Waals surface area contributed by atoms with Crippen molar-refractivity contribution in [2.75, 3.05) is 19.7 Å². The Hall–Kier alpha value is -3.79. The number of carboxylic acid groups (broad SMARTS) is 1. The van der Waals surface area contributed by atoms with E-state index in [0.29, 0.717) is 22.7 Å². The summed E-state index contributed by atoms with van der Waals surface area (Å²) in [5, 5.41) is 9.36. The Kier molecular flexibility index (Phi) is 5.52. The zero-order chi connectivity index (χ0) is 24.0. The predicted molar refractivity (Wildman–Crippen MR) is 121 cm³/mol. The molecule has 0 bridgehead atoms. The van der Waals surface area contributed by atoms with Crippen LogP contribution in [0.5, 0.6) is 0 Å². The lowest BCUT2D eigenvalue weighted by atomic mass is 10.0. The molecule has 4 heterocycles. The minimum Gasteiger partial charge on any atom is -0.465 e. The van der Waals surface area contributed by atoms with E-state index in [1.54, 1.807) is 23.7 Å². The van der Waals surface area contributed by atoms with Crippen LogP contribution in [0.15, 0.2) is 36.7 Å². The first-order valence-electron chi connectivity index (χ1n) is 10.9. The van der Waals surface area contributed by atoms with Crippen LogP contribution >= 0.6 is 0 Å². The second-order valence-electron chi connectivity index (χ2n) is 8.49. The van der Waals surface area contributed by atoms with Crippen LogP contribution < -0.4 is 0 Å². The first-order valence-corrected chi connectivity index (χ1v) is 10.9. The van der Waals surface area contributed by atoms with Gasteiger partial charge in [0.15, 0.2) is 0 Å². The Labute approximate surface area is 193 Å². The number of H-pyrrole nitrogens is 1. The molecule has 1 fully saturated rings. The Morgan fingerprint density at radius 2 is 2.03 bits per heavy atom. The topological polar surface area (TPSA) is 95.8 Å². The first kappa shape index (κ1) is 22.0. The van der Waals surface area contributed by atoms with Gasteiger partial charge in [0.25, 0.3) is 0 Å². The number of morpholine rings is 1. The number of aryl methyl sites for hydroxylation is 2. The van der Waals surface area contributed by atoms with Crippen molar-refractivity contribution in [3.8, 4) is 22.6 Å². The third-order valence-electron chi connectivity index (χ3n) is 5.97. The highest BCUT2D eigenvalue weighted by Crippen LogP contribution is 2.33. The molecule has 1 aliphatic heterocycles. The molecule has 0 spiro atoms. The highest BCUT2D eigenvalue weighted by atomic mass is 19.1. The average molecular weight is 467 g/mol. The van der Waals surface area contributed by atoms with E-state index in [-0.39, 0.29) is 37.4 Å². The lowest BCUT2D eigenvalue weighted by Gasteiger charge is -2.31. The number of ether oxygens (including phenoxy) is 1. The number of nitrogens with zero attached hydrogens (tertiary/aromatic N) is 4. The predicted octanol–water partition coefficient (Wildman–Crippen LogP) is 4.21. The minimum absolute atomic E-state index is 0.162. The maximum Gasteiger partial charge on any atom is 0.407 e. The van der Waals surface area contributed by atoms with Crippen molar-refractivity contribution in [1.29, 1.82) is 0 Å². The van der Waals surface area contributed by atoms with E-state index < -0.39 is 23.8 Å². The fourth-order valence-electron chi connectivity index (χ4n) is 4.32. The molecular weight excluding hydrogens is 444 g/mol. The number of nitrogens with one attached hydrogen (secondary N) is 1. The molecule has 1 aromatic carbocycles. The molecule has 1 aliphatic rings. The molecule has 0 unspecified atom stereocenters. The van der Waals surface area contributed by atoms with Crippen LogP contribution in [0.25, 0.3) is 28.3 Å². The van der Waals surface area contributed by atoms with Gasteiger partial charge in [0.2, 0.25) is 0 Å². The van der Waals surface area contributed by atoms with Gasteiger partial charge >= 0.3 is 6.09 Å². The van der Waals surface area contributed by atoms with Crippen molar-refractivity contribution in [1.82, 2.24) is 24.3 Å². The normalized spacial score (nSPS) is 16.4. The molecule has 0 radical (unpaired) electrons. The molecule has 3 aromatic heterocycles. The van der Waals surface area contributed by atoms with Gasteiger partial charge in [0.05, 0.1) is 36.2 Å². The van der Waals surface area contributed by atoms with Gasteiger partial charge in [0.1, 0.15) is 23.1 Å². The average Bonchev–Trinajstić information content (AvgIpc) is 3.37. The zero-order valence-electron chi connectivity index (χ0n) is 18.7. The van der Waals surface area contributed by atoms with E-state index in [1.807, 2.05) is 19.1 Å². The van der Waals surface area contributed by atoms with E-state index in [2.05, 4.69) is 15.0 Å². The van der Waals surface area contributed by atoms with Crippen LogP contribution in [0.4, 0.5) is 13.6 Å². The maximum atomic E-state index is 15.4. The third-order valence-corrected chi connectivity index (χ3v) is 5.97. The van der Waals surface area contributed by atoms with Gasteiger partial charge in [-0.2, -0.15) is 0 Å². The molecule has 4 aromatic rings. The summed E-state index contributed by atoms with van der Waals surface area (Å²) in [4.78, 5) is 24.4. The van der Waals surface area contributed by atoms with Gasteiger partial charge in [-0.1, -0.05) is 0 Å². The van der Waals surface area contributed by atoms with Crippen molar-refractivity contribution < 1.29 is 23.4 Å².